The van der Waals surface area contributed by atoms with Crippen molar-refractivity contribution in [1.82, 2.24) is 0 Å². The minimum Gasteiger partial charge on any atom is -0.422 e. The molecule has 0 amide bonds. The number of hydrogen-bond donors (Lipinski definition) is 2. The summed E-state index contributed by atoms with van der Waals surface area (Å²) in [6.07, 6.45) is 1.63. The van der Waals surface area contributed by atoms with Gasteiger partial charge in [-0.25, -0.2) is 4.79 Å². The highest BCUT2D eigenvalue weighted by Crippen LogP contribution is 2.32. The van der Waals surface area contributed by atoms with Crippen LogP contribution in [0.5, 0.6) is 0 Å². The molecule has 0 unspecified atom stereocenters. The molecule has 23 heavy (non-hydrogen) atoms. The maximum atomic E-state index is 12.1. The number of nitrogen functional groups attached to an aromatic ring is 1. The van der Waals surface area contributed by atoms with E-state index in [0.717, 1.165) is 18.9 Å². The van der Waals surface area contributed by atoms with Crippen molar-refractivity contribution in [2.75, 3.05) is 5.73 Å². The number of Topliss-reactive ketones (excluding diaryl/α,β-unsaturated/α-hetero) is 1. The first-order valence-electron chi connectivity index (χ1n) is 7.04. The lowest BCUT2D eigenvalue weighted by molar-refractivity contribution is -0.119. The summed E-state index contributed by atoms with van der Waals surface area (Å²) in [6.45, 7) is 1.61. The third-order valence-electron chi connectivity index (χ3n) is 4.08. The van der Waals surface area contributed by atoms with E-state index in [9.17, 15) is 22.6 Å². The molecule has 1 fully saturated rings. The summed E-state index contributed by atoms with van der Waals surface area (Å²) >= 11 is 0. The van der Waals surface area contributed by atoms with Crippen LogP contribution < -0.4 is 11.4 Å². The van der Waals surface area contributed by atoms with Crippen LogP contribution in [0.3, 0.4) is 0 Å². The number of fused-ring (bicyclic) bond motifs is 1. The van der Waals surface area contributed by atoms with Crippen LogP contribution >= 0.6 is 0 Å². The lowest BCUT2D eigenvalue weighted by Gasteiger charge is -2.10. The van der Waals surface area contributed by atoms with Crippen molar-refractivity contribution >= 4 is 32.6 Å². The lowest BCUT2D eigenvalue weighted by Crippen LogP contribution is -2.16. The summed E-state index contributed by atoms with van der Waals surface area (Å²) in [4.78, 5) is 23.6. The van der Waals surface area contributed by atoms with Crippen molar-refractivity contribution in [3.63, 3.8) is 0 Å². The van der Waals surface area contributed by atoms with Gasteiger partial charge in [-0.1, -0.05) is 0 Å². The average Bonchev–Trinajstić information content (AvgIpc) is 3.25. The lowest BCUT2D eigenvalue weighted by atomic mass is 10.00. The maximum absolute atomic E-state index is 12.1. The third kappa shape index (κ3) is 2.87. The number of anilines is 1. The van der Waals surface area contributed by atoms with E-state index in [1.54, 1.807) is 6.92 Å². The number of aryl methyl sites for hydroxylation is 1. The molecular weight excluding hydrogens is 322 g/mol. The Hall–Kier alpha value is -2.19. The van der Waals surface area contributed by atoms with E-state index in [1.165, 1.54) is 6.07 Å². The molecule has 8 heteroatoms. The van der Waals surface area contributed by atoms with E-state index in [4.69, 9.17) is 10.2 Å². The predicted molar refractivity (Wildman–Crippen MR) is 82.9 cm³/mol. The van der Waals surface area contributed by atoms with Gasteiger partial charge in [0.15, 0.2) is 0 Å². The molecule has 0 spiro atoms. The van der Waals surface area contributed by atoms with Gasteiger partial charge in [0.2, 0.25) is 0 Å². The molecule has 0 aliphatic heterocycles. The van der Waals surface area contributed by atoms with Gasteiger partial charge in [-0.2, -0.15) is 8.42 Å². The number of rotatable bonds is 4. The van der Waals surface area contributed by atoms with Crippen LogP contribution in [0.4, 0.5) is 5.69 Å². The fourth-order valence-corrected chi connectivity index (χ4v) is 3.21. The van der Waals surface area contributed by atoms with Crippen molar-refractivity contribution in [1.29, 1.82) is 0 Å². The van der Waals surface area contributed by atoms with E-state index in [0.29, 0.717) is 10.9 Å². The van der Waals surface area contributed by atoms with Crippen molar-refractivity contribution < 1.29 is 22.2 Å². The van der Waals surface area contributed by atoms with E-state index < -0.39 is 20.6 Å². The monoisotopic (exact) mass is 337 g/mol. The molecule has 0 bridgehead atoms. The highest BCUT2D eigenvalue weighted by Gasteiger charge is 2.30. The van der Waals surface area contributed by atoms with E-state index >= 15 is 0 Å². The van der Waals surface area contributed by atoms with Crippen molar-refractivity contribution in [2.24, 2.45) is 5.92 Å². The van der Waals surface area contributed by atoms with Crippen LogP contribution in [0, 0.1) is 12.8 Å². The zero-order valence-electron chi connectivity index (χ0n) is 12.3. The summed E-state index contributed by atoms with van der Waals surface area (Å²) in [6, 6.07) is 2.34. The van der Waals surface area contributed by atoms with E-state index in [2.05, 4.69) is 0 Å². The Labute approximate surface area is 131 Å². The van der Waals surface area contributed by atoms with Crippen molar-refractivity contribution in [2.45, 2.75) is 31.1 Å². The van der Waals surface area contributed by atoms with Crippen LogP contribution in [0.25, 0.3) is 11.0 Å². The molecule has 7 nitrogen and oxygen atoms in total. The SMILES string of the molecule is Cc1c(CC(=O)C2CC2)c(=O)oc2cc(N)c(S(=O)(=O)O)cc12. The standard InChI is InChI=1S/C15H15NO6S/c1-7-9-5-14(23(19,20)21)11(16)6-13(9)22-15(18)10(7)4-12(17)8-2-3-8/h5-6,8H,2-4,16H2,1H3,(H,19,20,21). The molecule has 1 aliphatic carbocycles. The third-order valence-corrected chi connectivity index (χ3v) is 4.99. The first-order chi connectivity index (χ1) is 10.7. The number of hydrogen-bond acceptors (Lipinski definition) is 6. The number of carbonyl (C=O) groups is 1. The van der Waals surface area contributed by atoms with Crippen molar-refractivity contribution in [3.05, 3.63) is 33.7 Å². The molecule has 0 saturated heterocycles. The summed E-state index contributed by atoms with van der Waals surface area (Å²) < 4.78 is 37.1. The first kappa shape index (κ1) is 15.7. The molecule has 1 aliphatic rings. The molecular formula is C15H15NO6S. The zero-order chi connectivity index (χ0) is 16.9. The van der Waals surface area contributed by atoms with Gasteiger partial charge in [-0.15, -0.1) is 0 Å². The Morgan fingerprint density at radius 1 is 1.39 bits per heavy atom. The zero-order valence-corrected chi connectivity index (χ0v) is 13.1. The summed E-state index contributed by atoms with van der Waals surface area (Å²) in [5.41, 5.74) is 5.50. The molecule has 2 aromatic rings. The maximum Gasteiger partial charge on any atom is 0.340 e. The molecule has 0 atom stereocenters. The minimum atomic E-state index is -4.50. The molecule has 3 rings (SSSR count). The Bertz CT molecular complexity index is 985. The average molecular weight is 337 g/mol. The molecule has 1 aromatic heterocycles. The van der Waals surface area contributed by atoms with Gasteiger partial charge in [0.1, 0.15) is 16.3 Å². The van der Waals surface area contributed by atoms with Crippen molar-refractivity contribution in [3.8, 4) is 0 Å². The Morgan fingerprint density at radius 2 is 2.04 bits per heavy atom. The van der Waals surface area contributed by atoms with Gasteiger partial charge in [-0.05, 0) is 31.4 Å². The first-order valence-corrected chi connectivity index (χ1v) is 8.48. The molecule has 1 saturated carbocycles. The van der Waals surface area contributed by atoms with Crippen LogP contribution in [-0.4, -0.2) is 18.8 Å². The molecule has 122 valence electrons. The second kappa shape index (κ2) is 5.17. The van der Waals surface area contributed by atoms with Gasteiger partial charge in [0.05, 0.1) is 5.69 Å². The summed E-state index contributed by atoms with van der Waals surface area (Å²) in [5.74, 6) is -0.0190. The van der Waals surface area contributed by atoms with Gasteiger partial charge in [-0.3, -0.25) is 9.35 Å². The number of ketones is 1. The van der Waals surface area contributed by atoms with Gasteiger partial charge in [0.25, 0.3) is 10.1 Å². The fraction of sp³-hybridized carbons (Fsp3) is 0.333. The Balaban J connectivity index is 2.21. The second-order valence-corrected chi connectivity index (χ2v) is 7.16. The van der Waals surface area contributed by atoms with Crippen LogP contribution in [0.1, 0.15) is 24.0 Å². The Kier molecular flexibility index (Phi) is 3.53. The quantitative estimate of drug-likeness (QED) is 0.491. The van der Waals surface area contributed by atoms with Gasteiger partial charge < -0.3 is 10.2 Å². The number of carbonyl (C=O) groups excluding carboxylic acids is 1. The van der Waals surface area contributed by atoms with Crippen LogP contribution in [0.15, 0.2) is 26.2 Å². The molecule has 1 aromatic carbocycles. The predicted octanol–water partition coefficient (Wildman–Crippen LogP) is 1.45. The molecule has 0 radical (unpaired) electrons. The largest absolute Gasteiger partial charge is 0.422 e. The smallest absolute Gasteiger partial charge is 0.340 e. The van der Waals surface area contributed by atoms with Crippen LogP contribution in [-0.2, 0) is 21.3 Å². The normalized spacial score (nSPS) is 15.0. The van der Waals surface area contributed by atoms with Gasteiger partial charge in [0, 0.05) is 29.4 Å². The van der Waals surface area contributed by atoms with Gasteiger partial charge >= 0.3 is 5.63 Å². The second-order valence-electron chi connectivity index (χ2n) is 5.77. The summed E-state index contributed by atoms with van der Waals surface area (Å²) in [5, 5.41) is 0.324. The number of benzene rings is 1. The van der Waals surface area contributed by atoms with Crippen LogP contribution in [0.2, 0.25) is 0 Å². The minimum absolute atomic E-state index is 0.00398. The molecule has 1 heterocycles. The van der Waals surface area contributed by atoms with E-state index in [-0.39, 0.29) is 35.0 Å². The Morgan fingerprint density at radius 3 is 2.61 bits per heavy atom. The summed E-state index contributed by atoms with van der Waals surface area (Å²) in [7, 11) is -4.50. The highest BCUT2D eigenvalue weighted by atomic mass is 32.2. The number of nitrogens with two attached hydrogens (primary N) is 1. The van der Waals surface area contributed by atoms with E-state index in [1.807, 2.05) is 0 Å². The molecule has 3 N–H and O–H groups in total. The fourth-order valence-electron chi connectivity index (χ4n) is 2.58. The highest BCUT2D eigenvalue weighted by molar-refractivity contribution is 7.86. The topological polar surface area (TPSA) is 128 Å².